The van der Waals surface area contributed by atoms with Gasteiger partial charge in [0.25, 0.3) is 0 Å². The molecule has 1 saturated carbocycles. The highest BCUT2D eigenvalue weighted by Crippen LogP contribution is 2.24. The zero-order valence-corrected chi connectivity index (χ0v) is 14.6. The molecule has 2 unspecified atom stereocenters. The largest absolute Gasteiger partial charge is 0.353 e. The van der Waals surface area contributed by atoms with Crippen LogP contribution in [0.5, 0.6) is 0 Å². The Morgan fingerprint density at radius 1 is 1.29 bits per heavy atom. The maximum absolute atomic E-state index is 12.1. The highest BCUT2D eigenvalue weighted by atomic mass is 79.9. The third kappa shape index (κ3) is 5.61. The van der Waals surface area contributed by atoms with Gasteiger partial charge in [-0.05, 0) is 43.4 Å². The van der Waals surface area contributed by atoms with E-state index in [1.165, 1.54) is 18.4 Å². The average Bonchev–Trinajstić information content (AvgIpc) is 2.47. The Hall–Kier alpha value is -0.580. The van der Waals surface area contributed by atoms with Crippen LogP contribution in [0.25, 0.3) is 0 Å². The van der Waals surface area contributed by atoms with Crippen LogP contribution >= 0.6 is 28.3 Å². The fourth-order valence-corrected chi connectivity index (χ4v) is 3.39. The summed E-state index contributed by atoms with van der Waals surface area (Å²) in [4.78, 5) is 12.1. The first-order chi connectivity index (χ1) is 9.70. The molecule has 3 nitrogen and oxygen atoms in total. The summed E-state index contributed by atoms with van der Waals surface area (Å²) in [7, 11) is 0. The molecule has 0 saturated heterocycles. The number of rotatable bonds is 5. The second-order valence-corrected chi connectivity index (χ2v) is 6.40. The van der Waals surface area contributed by atoms with Gasteiger partial charge in [-0.2, -0.15) is 0 Å². The van der Waals surface area contributed by atoms with Crippen molar-refractivity contribution < 1.29 is 4.79 Å². The molecule has 0 bridgehead atoms. The molecule has 0 aromatic heterocycles. The molecule has 2 atom stereocenters. The summed E-state index contributed by atoms with van der Waals surface area (Å²) in [6.07, 6.45) is 5.97. The average molecular weight is 376 g/mol. The van der Waals surface area contributed by atoms with Crippen molar-refractivity contribution in [3.05, 3.63) is 34.3 Å². The van der Waals surface area contributed by atoms with E-state index in [-0.39, 0.29) is 24.4 Å². The minimum Gasteiger partial charge on any atom is -0.353 e. The van der Waals surface area contributed by atoms with E-state index in [2.05, 4.69) is 27.3 Å². The predicted molar refractivity (Wildman–Crippen MR) is 92.7 cm³/mol. The molecule has 0 spiro atoms. The quantitative estimate of drug-likeness (QED) is 0.828. The smallest absolute Gasteiger partial charge is 0.220 e. The van der Waals surface area contributed by atoms with Crippen molar-refractivity contribution >= 4 is 34.2 Å². The van der Waals surface area contributed by atoms with Crippen LogP contribution in [0.4, 0.5) is 0 Å². The molecule has 1 aromatic carbocycles. The van der Waals surface area contributed by atoms with Gasteiger partial charge in [0.1, 0.15) is 0 Å². The van der Waals surface area contributed by atoms with E-state index in [9.17, 15) is 4.79 Å². The molecule has 0 heterocycles. The molecule has 5 heteroatoms. The molecule has 1 fully saturated rings. The van der Waals surface area contributed by atoms with Crippen LogP contribution in [-0.4, -0.2) is 18.5 Å². The number of amides is 1. The number of carbonyl (C=O) groups excluding carboxylic acids is 1. The Bertz CT molecular complexity index is 456. The lowest BCUT2D eigenvalue weighted by Gasteiger charge is -2.31. The standard InChI is InChI=1S/C16H23BrN2O.ClH/c17-14-7-3-1-5-12(14)9-10-16(20)19-15-8-4-2-6-13(15)11-18;/h1,3,5,7,13,15H,2,4,6,8-11,18H2,(H,19,20);1H. The fourth-order valence-electron chi connectivity index (χ4n) is 2.91. The molecule has 3 N–H and O–H groups in total. The highest BCUT2D eigenvalue weighted by Gasteiger charge is 2.25. The van der Waals surface area contributed by atoms with E-state index in [4.69, 9.17) is 5.73 Å². The molecule has 21 heavy (non-hydrogen) atoms. The lowest BCUT2D eigenvalue weighted by molar-refractivity contribution is -0.122. The van der Waals surface area contributed by atoms with E-state index in [0.29, 0.717) is 18.9 Å². The van der Waals surface area contributed by atoms with E-state index in [1.54, 1.807) is 0 Å². The van der Waals surface area contributed by atoms with Gasteiger partial charge in [-0.25, -0.2) is 0 Å². The molecule has 0 aliphatic heterocycles. The third-order valence-corrected chi connectivity index (χ3v) is 4.91. The predicted octanol–water partition coefficient (Wildman–Crippen LogP) is 3.44. The second kappa shape index (κ2) is 9.44. The highest BCUT2D eigenvalue weighted by molar-refractivity contribution is 9.10. The van der Waals surface area contributed by atoms with Gasteiger partial charge in [-0.3, -0.25) is 4.79 Å². The molecular formula is C16H24BrClN2O. The van der Waals surface area contributed by atoms with E-state index in [0.717, 1.165) is 23.7 Å². The molecule has 1 aliphatic carbocycles. The van der Waals surface area contributed by atoms with Crippen molar-refractivity contribution in [2.75, 3.05) is 6.54 Å². The van der Waals surface area contributed by atoms with Crippen LogP contribution in [0.2, 0.25) is 0 Å². The molecule has 1 amide bonds. The van der Waals surface area contributed by atoms with Crippen molar-refractivity contribution in [3.8, 4) is 0 Å². The lowest BCUT2D eigenvalue weighted by Crippen LogP contribution is -2.44. The van der Waals surface area contributed by atoms with Gasteiger partial charge >= 0.3 is 0 Å². The summed E-state index contributed by atoms with van der Waals surface area (Å²) in [5, 5.41) is 3.18. The number of carbonyl (C=O) groups is 1. The van der Waals surface area contributed by atoms with Crippen LogP contribution in [-0.2, 0) is 11.2 Å². The molecule has 1 aliphatic rings. The Morgan fingerprint density at radius 3 is 2.71 bits per heavy atom. The third-order valence-electron chi connectivity index (χ3n) is 4.14. The summed E-state index contributed by atoms with van der Waals surface area (Å²) < 4.78 is 1.07. The Balaban J connectivity index is 0.00000220. The van der Waals surface area contributed by atoms with Gasteiger partial charge in [0, 0.05) is 16.9 Å². The Labute approximate surface area is 141 Å². The number of halogens is 2. The summed E-state index contributed by atoms with van der Waals surface area (Å²) >= 11 is 3.52. The number of nitrogens with two attached hydrogens (primary N) is 1. The summed E-state index contributed by atoms with van der Waals surface area (Å²) in [6.45, 7) is 0.676. The van der Waals surface area contributed by atoms with Gasteiger partial charge < -0.3 is 11.1 Å². The van der Waals surface area contributed by atoms with Crippen LogP contribution in [0.3, 0.4) is 0 Å². The van der Waals surface area contributed by atoms with Crippen molar-refractivity contribution in [1.82, 2.24) is 5.32 Å². The van der Waals surface area contributed by atoms with Gasteiger partial charge in [0.2, 0.25) is 5.91 Å². The monoisotopic (exact) mass is 374 g/mol. The first-order valence-corrected chi connectivity index (χ1v) is 8.23. The van der Waals surface area contributed by atoms with Crippen LogP contribution < -0.4 is 11.1 Å². The minimum atomic E-state index is 0. The fraction of sp³-hybridized carbons (Fsp3) is 0.562. The lowest BCUT2D eigenvalue weighted by atomic mass is 9.84. The molecule has 0 radical (unpaired) electrons. The minimum absolute atomic E-state index is 0. The molecule has 118 valence electrons. The normalized spacial score (nSPS) is 21.4. The van der Waals surface area contributed by atoms with Gasteiger partial charge in [0.05, 0.1) is 0 Å². The van der Waals surface area contributed by atoms with Gasteiger partial charge in [-0.15, -0.1) is 12.4 Å². The number of hydrogen-bond acceptors (Lipinski definition) is 2. The van der Waals surface area contributed by atoms with Crippen molar-refractivity contribution in [1.29, 1.82) is 0 Å². The summed E-state index contributed by atoms with van der Waals surface area (Å²) in [5.41, 5.74) is 6.98. The first kappa shape index (κ1) is 18.5. The number of nitrogens with one attached hydrogen (secondary N) is 1. The van der Waals surface area contributed by atoms with E-state index < -0.39 is 0 Å². The summed E-state index contributed by atoms with van der Waals surface area (Å²) in [6, 6.07) is 8.34. The first-order valence-electron chi connectivity index (χ1n) is 7.43. The van der Waals surface area contributed by atoms with Crippen molar-refractivity contribution in [3.63, 3.8) is 0 Å². The van der Waals surface area contributed by atoms with Crippen LogP contribution in [0.15, 0.2) is 28.7 Å². The molecule has 2 rings (SSSR count). The Kier molecular flexibility index (Phi) is 8.30. The number of hydrogen-bond donors (Lipinski definition) is 2. The zero-order valence-electron chi connectivity index (χ0n) is 12.2. The SMILES string of the molecule is Cl.NCC1CCCCC1NC(=O)CCc1ccccc1Br. The Morgan fingerprint density at radius 2 is 2.00 bits per heavy atom. The zero-order chi connectivity index (χ0) is 14.4. The molecular weight excluding hydrogens is 352 g/mol. The van der Waals surface area contributed by atoms with E-state index in [1.807, 2.05) is 18.2 Å². The number of aryl methyl sites for hydroxylation is 1. The van der Waals surface area contributed by atoms with Crippen molar-refractivity contribution in [2.45, 2.75) is 44.6 Å². The van der Waals surface area contributed by atoms with Crippen molar-refractivity contribution in [2.24, 2.45) is 11.7 Å². The topological polar surface area (TPSA) is 55.1 Å². The summed E-state index contributed by atoms with van der Waals surface area (Å²) in [5.74, 6) is 0.599. The van der Waals surface area contributed by atoms with Gasteiger partial charge in [0.15, 0.2) is 0 Å². The molecule has 1 aromatic rings. The van der Waals surface area contributed by atoms with Gasteiger partial charge in [-0.1, -0.05) is 47.0 Å². The van der Waals surface area contributed by atoms with Crippen LogP contribution in [0.1, 0.15) is 37.7 Å². The number of benzene rings is 1. The maximum atomic E-state index is 12.1. The maximum Gasteiger partial charge on any atom is 0.220 e. The second-order valence-electron chi connectivity index (χ2n) is 5.55. The van der Waals surface area contributed by atoms with Crippen LogP contribution in [0, 0.1) is 5.92 Å². The van der Waals surface area contributed by atoms with E-state index >= 15 is 0 Å².